The van der Waals surface area contributed by atoms with Gasteiger partial charge >= 0.3 is 12.2 Å². The third-order valence-electron chi connectivity index (χ3n) is 5.69. The standard InChI is InChI=1S/C24H24F3N5O3/c1-34-18-7-9-21(35-2)19(15-18)20-8-10-22(30-29-20)31-11-13-32(14-12-31)23(33)28-17-5-3-16(4-6-17)24(25,26)27/h3-10,15H,11-14H2,1-2H3,(H,28,33). The molecular weight excluding hydrogens is 463 g/mol. The van der Waals surface area contributed by atoms with Crippen LogP contribution in [0, 0.1) is 0 Å². The molecule has 0 aliphatic carbocycles. The molecular formula is C24H24F3N5O3. The molecule has 0 bridgehead atoms. The third kappa shape index (κ3) is 5.56. The molecule has 2 amide bonds. The number of nitrogens with zero attached hydrogens (tertiary/aromatic N) is 4. The zero-order valence-corrected chi connectivity index (χ0v) is 19.2. The number of amides is 2. The molecule has 2 heterocycles. The van der Waals surface area contributed by atoms with Gasteiger partial charge in [0.15, 0.2) is 5.82 Å². The Morgan fingerprint density at radius 1 is 0.914 bits per heavy atom. The Hall–Kier alpha value is -4.02. The fourth-order valence-electron chi connectivity index (χ4n) is 3.74. The fourth-order valence-corrected chi connectivity index (χ4v) is 3.74. The summed E-state index contributed by atoms with van der Waals surface area (Å²) in [7, 11) is 3.17. The lowest BCUT2D eigenvalue weighted by atomic mass is 10.1. The second kappa shape index (κ2) is 10.1. The largest absolute Gasteiger partial charge is 0.497 e. The normalized spacial score (nSPS) is 14.0. The molecule has 0 unspecified atom stereocenters. The van der Waals surface area contributed by atoms with E-state index in [1.807, 2.05) is 23.1 Å². The van der Waals surface area contributed by atoms with Gasteiger partial charge in [-0.15, -0.1) is 10.2 Å². The molecule has 1 saturated heterocycles. The first kappa shape index (κ1) is 24.1. The van der Waals surface area contributed by atoms with Crippen LogP contribution in [0.25, 0.3) is 11.3 Å². The average molecular weight is 487 g/mol. The van der Waals surface area contributed by atoms with Crippen molar-refractivity contribution in [2.45, 2.75) is 6.18 Å². The summed E-state index contributed by atoms with van der Waals surface area (Å²) >= 11 is 0. The summed E-state index contributed by atoms with van der Waals surface area (Å²) in [4.78, 5) is 16.2. The van der Waals surface area contributed by atoms with Crippen molar-refractivity contribution in [2.24, 2.45) is 0 Å². The van der Waals surface area contributed by atoms with E-state index >= 15 is 0 Å². The van der Waals surface area contributed by atoms with Crippen LogP contribution in [0.5, 0.6) is 11.5 Å². The summed E-state index contributed by atoms with van der Waals surface area (Å²) < 4.78 is 48.8. The van der Waals surface area contributed by atoms with Crippen molar-refractivity contribution in [3.8, 4) is 22.8 Å². The van der Waals surface area contributed by atoms with Crippen LogP contribution in [-0.2, 0) is 6.18 Å². The maximum Gasteiger partial charge on any atom is 0.416 e. The molecule has 1 N–H and O–H groups in total. The number of anilines is 2. The van der Waals surface area contributed by atoms with Crippen molar-refractivity contribution in [3.63, 3.8) is 0 Å². The first-order valence-electron chi connectivity index (χ1n) is 10.8. The van der Waals surface area contributed by atoms with Gasteiger partial charge in [-0.2, -0.15) is 13.2 Å². The smallest absolute Gasteiger partial charge is 0.416 e. The van der Waals surface area contributed by atoms with Crippen molar-refractivity contribution in [1.82, 2.24) is 15.1 Å². The lowest BCUT2D eigenvalue weighted by Crippen LogP contribution is -2.50. The van der Waals surface area contributed by atoms with Gasteiger partial charge in [-0.3, -0.25) is 0 Å². The molecule has 0 atom stereocenters. The number of piperazine rings is 1. The van der Waals surface area contributed by atoms with Crippen molar-refractivity contribution in [3.05, 3.63) is 60.2 Å². The molecule has 1 fully saturated rings. The molecule has 184 valence electrons. The zero-order valence-electron chi connectivity index (χ0n) is 19.2. The number of methoxy groups -OCH3 is 2. The first-order valence-corrected chi connectivity index (χ1v) is 10.8. The molecule has 0 spiro atoms. The minimum absolute atomic E-state index is 0.305. The van der Waals surface area contributed by atoms with E-state index in [4.69, 9.17) is 9.47 Å². The van der Waals surface area contributed by atoms with E-state index in [0.717, 1.165) is 17.7 Å². The number of nitrogens with one attached hydrogen (secondary N) is 1. The summed E-state index contributed by atoms with van der Waals surface area (Å²) in [6.45, 7) is 1.94. The number of hydrogen-bond donors (Lipinski definition) is 1. The minimum Gasteiger partial charge on any atom is -0.497 e. The lowest BCUT2D eigenvalue weighted by molar-refractivity contribution is -0.137. The van der Waals surface area contributed by atoms with Crippen LogP contribution in [0.15, 0.2) is 54.6 Å². The maximum atomic E-state index is 12.7. The van der Waals surface area contributed by atoms with E-state index in [-0.39, 0.29) is 6.03 Å². The van der Waals surface area contributed by atoms with Gasteiger partial charge in [-0.1, -0.05) is 0 Å². The van der Waals surface area contributed by atoms with E-state index in [0.29, 0.717) is 54.9 Å². The van der Waals surface area contributed by atoms with Gasteiger partial charge in [0.05, 0.1) is 25.5 Å². The van der Waals surface area contributed by atoms with Crippen molar-refractivity contribution in [1.29, 1.82) is 0 Å². The summed E-state index contributed by atoms with van der Waals surface area (Å²) in [5, 5.41) is 11.3. The van der Waals surface area contributed by atoms with E-state index < -0.39 is 11.7 Å². The van der Waals surface area contributed by atoms with Crippen LogP contribution in [-0.4, -0.2) is 61.5 Å². The Labute approximate surface area is 200 Å². The van der Waals surface area contributed by atoms with Gasteiger partial charge in [0, 0.05) is 37.4 Å². The molecule has 2 aromatic carbocycles. The summed E-state index contributed by atoms with van der Waals surface area (Å²) in [5.41, 5.74) is 0.940. The highest BCUT2D eigenvalue weighted by atomic mass is 19.4. The molecule has 0 saturated carbocycles. The van der Waals surface area contributed by atoms with Crippen molar-refractivity contribution < 1.29 is 27.4 Å². The number of aromatic nitrogens is 2. The van der Waals surface area contributed by atoms with E-state index in [9.17, 15) is 18.0 Å². The van der Waals surface area contributed by atoms with E-state index in [2.05, 4.69) is 15.5 Å². The zero-order chi connectivity index (χ0) is 25.0. The van der Waals surface area contributed by atoms with Crippen LogP contribution in [0.4, 0.5) is 29.5 Å². The number of carbonyl (C=O) groups is 1. The van der Waals surface area contributed by atoms with Crippen LogP contribution < -0.4 is 19.7 Å². The number of halogens is 3. The molecule has 35 heavy (non-hydrogen) atoms. The Kier molecular flexibility index (Phi) is 6.94. The summed E-state index contributed by atoms with van der Waals surface area (Å²) in [6, 6.07) is 13.1. The predicted molar refractivity (Wildman–Crippen MR) is 125 cm³/mol. The Bertz CT molecular complexity index is 1160. The van der Waals surface area contributed by atoms with E-state index in [1.54, 1.807) is 31.3 Å². The molecule has 1 aromatic heterocycles. The molecule has 11 heteroatoms. The second-order valence-electron chi connectivity index (χ2n) is 7.82. The monoisotopic (exact) mass is 487 g/mol. The number of benzene rings is 2. The van der Waals surface area contributed by atoms with Gasteiger partial charge in [-0.05, 0) is 54.6 Å². The molecule has 1 aliphatic heterocycles. The van der Waals surface area contributed by atoms with Crippen LogP contribution in [0.2, 0.25) is 0 Å². The van der Waals surface area contributed by atoms with Crippen molar-refractivity contribution in [2.75, 3.05) is 50.6 Å². The number of ether oxygens (including phenoxy) is 2. The highest BCUT2D eigenvalue weighted by Crippen LogP contribution is 2.32. The number of alkyl halides is 3. The molecule has 1 aliphatic rings. The Morgan fingerprint density at radius 2 is 1.63 bits per heavy atom. The van der Waals surface area contributed by atoms with E-state index in [1.165, 1.54) is 12.1 Å². The minimum atomic E-state index is -4.42. The van der Waals surface area contributed by atoms with Crippen LogP contribution >= 0.6 is 0 Å². The Balaban J connectivity index is 1.35. The fraction of sp³-hybridized carbons (Fsp3) is 0.292. The average Bonchev–Trinajstić information content (AvgIpc) is 2.88. The first-order chi connectivity index (χ1) is 16.8. The Morgan fingerprint density at radius 3 is 2.20 bits per heavy atom. The highest BCUT2D eigenvalue weighted by molar-refractivity contribution is 5.89. The highest BCUT2D eigenvalue weighted by Gasteiger charge is 2.30. The van der Waals surface area contributed by atoms with Crippen LogP contribution in [0.3, 0.4) is 0 Å². The quantitative estimate of drug-likeness (QED) is 0.570. The molecule has 8 nitrogen and oxygen atoms in total. The summed E-state index contributed by atoms with van der Waals surface area (Å²) in [6.07, 6.45) is -4.42. The van der Waals surface area contributed by atoms with Gasteiger partial charge in [0.1, 0.15) is 11.5 Å². The predicted octanol–water partition coefficient (Wildman–Crippen LogP) is 4.53. The number of carbonyl (C=O) groups excluding carboxylic acids is 1. The summed E-state index contributed by atoms with van der Waals surface area (Å²) in [5.74, 6) is 2.01. The number of rotatable bonds is 5. The third-order valence-corrected chi connectivity index (χ3v) is 5.69. The second-order valence-corrected chi connectivity index (χ2v) is 7.82. The molecule has 4 rings (SSSR count). The SMILES string of the molecule is COc1ccc(OC)c(-c2ccc(N3CCN(C(=O)Nc4ccc(C(F)(F)F)cc4)CC3)nn2)c1. The van der Waals surface area contributed by atoms with Crippen molar-refractivity contribution >= 4 is 17.5 Å². The maximum absolute atomic E-state index is 12.7. The van der Waals surface area contributed by atoms with Gasteiger partial charge in [-0.25, -0.2) is 4.79 Å². The number of urea groups is 1. The number of hydrogen-bond acceptors (Lipinski definition) is 6. The van der Waals surface area contributed by atoms with Gasteiger partial charge < -0.3 is 24.6 Å². The van der Waals surface area contributed by atoms with Crippen LogP contribution in [0.1, 0.15) is 5.56 Å². The topological polar surface area (TPSA) is 79.8 Å². The molecule has 0 radical (unpaired) electrons. The van der Waals surface area contributed by atoms with Gasteiger partial charge in [0.25, 0.3) is 0 Å². The molecule has 3 aromatic rings. The lowest BCUT2D eigenvalue weighted by Gasteiger charge is -2.35. The van der Waals surface area contributed by atoms with Gasteiger partial charge in [0.2, 0.25) is 0 Å².